The fraction of sp³-hybridized carbons (Fsp3) is 0.647. The zero-order chi connectivity index (χ0) is 14.7. The Morgan fingerprint density at radius 3 is 3.19 bits per heavy atom. The average molecular weight is 306 g/mol. The van der Waals surface area contributed by atoms with Crippen LogP contribution in [-0.2, 0) is 6.42 Å². The smallest absolute Gasteiger partial charge is 0.127 e. The molecule has 0 aliphatic carbocycles. The normalized spacial score (nSPS) is 24.2. The second-order valence-electron chi connectivity index (χ2n) is 5.95. The zero-order valence-corrected chi connectivity index (χ0v) is 13.9. The van der Waals surface area contributed by atoms with Crippen LogP contribution in [0.15, 0.2) is 18.2 Å². The van der Waals surface area contributed by atoms with Crippen LogP contribution in [0.25, 0.3) is 0 Å². The summed E-state index contributed by atoms with van der Waals surface area (Å²) < 4.78 is 6.04. The number of rotatable bonds is 4. The molecule has 0 saturated carbocycles. The maximum Gasteiger partial charge on any atom is 0.127 e. The molecule has 2 aliphatic rings. The van der Waals surface area contributed by atoms with Crippen molar-refractivity contribution >= 4 is 11.8 Å². The molecule has 0 amide bonds. The Balaban J connectivity index is 1.93. The molecule has 21 heavy (non-hydrogen) atoms. The predicted octanol–water partition coefficient (Wildman–Crippen LogP) is 2.71. The van der Waals surface area contributed by atoms with E-state index in [-0.39, 0.29) is 0 Å². The number of ether oxygens (including phenoxy) is 1. The van der Waals surface area contributed by atoms with Crippen LogP contribution in [-0.4, -0.2) is 49.2 Å². The Labute approximate surface area is 132 Å². The monoisotopic (exact) mass is 306 g/mol. The van der Waals surface area contributed by atoms with E-state index in [9.17, 15) is 0 Å². The van der Waals surface area contributed by atoms with Gasteiger partial charge in [0.1, 0.15) is 5.75 Å². The van der Waals surface area contributed by atoms with E-state index in [2.05, 4.69) is 54.1 Å². The van der Waals surface area contributed by atoms with Crippen molar-refractivity contribution in [2.75, 3.05) is 38.2 Å². The first-order valence-electron chi connectivity index (χ1n) is 8.07. The summed E-state index contributed by atoms with van der Waals surface area (Å²) in [5.41, 5.74) is 2.74. The lowest BCUT2D eigenvalue weighted by Crippen LogP contribution is -2.48. The lowest BCUT2D eigenvalue weighted by molar-refractivity contribution is 0.210. The van der Waals surface area contributed by atoms with Crippen LogP contribution in [0, 0.1) is 0 Å². The number of hydrogen-bond donors (Lipinski definition) is 1. The second kappa shape index (κ2) is 7.03. The van der Waals surface area contributed by atoms with Gasteiger partial charge in [-0.15, -0.1) is 0 Å². The molecule has 1 saturated heterocycles. The van der Waals surface area contributed by atoms with E-state index >= 15 is 0 Å². The summed E-state index contributed by atoms with van der Waals surface area (Å²) in [6.45, 7) is 5.22. The van der Waals surface area contributed by atoms with E-state index in [0.29, 0.717) is 12.1 Å². The molecule has 1 aromatic rings. The van der Waals surface area contributed by atoms with E-state index in [0.717, 1.165) is 31.7 Å². The molecular weight excluding hydrogens is 280 g/mol. The van der Waals surface area contributed by atoms with Crippen molar-refractivity contribution in [1.82, 2.24) is 10.2 Å². The summed E-state index contributed by atoms with van der Waals surface area (Å²) in [4.78, 5) is 2.51. The molecule has 0 bridgehead atoms. The second-order valence-corrected chi connectivity index (χ2v) is 7.10. The Hall–Kier alpha value is -0.710. The molecule has 2 atom stereocenters. The molecule has 3 rings (SSSR count). The van der Waals surface area contributed by atoms with Crippen LogP contribution in [0.5, 0.6) is 5.75 Å². The molecular formula is C17H26N2OS. The van der Waals surface area contributed by atoms with E-state index in [1.165, 1.54) is 29.2 Å². The van der Waals surface area contributed by atoms with Crippen molar-refractivity contribution in [2.45, 2.75) is 31.8 Å². The average Bonchev–Trinajstić information content (AvgIpc) is 2.53. The van der Waals surface area contributed by atoms with Crippen LogP contribution >= 0.6 is 11.8 Å². The lowest BCUT2D eigenvalue weighted by atomic mass is 9.93. The van der Waals surface area contributed by atoms with Crippen molar-refractivity contribution < 1.29 is 4.74 Å². The van der Waals surface area contributed by atoms with E-state index in [1.54, 1.807) is 0 Å². The van der Waals surface area contributed by atoms with Crippen LogP contribution in [0.1, 0.15) is 30.5 Å². The van der Waals surface area contributed by atoms with Gasteiger partial charge in [0.05, 0.1) is 12.6 Å². The molecule has 2 aliphatic heterocycles. The molecule has 2 heterocycles. The van der Waals surface area contributed by atoms with Gasteiger partial charge in [0, 0.05) is 29.7 Å². The Morgan fingerprint density at radius 1 is 1.48 bits per heavy atom. The third-order valence-corrected chi connectivity index (χ3v) is 5.60. The fourth-order valence-electron chi connectivity index (χ4n) is 3.39. The van der Waals surface area contributed by atoms with Gasteiger partial charge in [-0.3, -0.25) is 4.90 Å². The number of benzene rings is 1. The molecule has 1 N–H and O–H groups in total. The predicted molar refractivity (Wildman–Crippen MR) is 90.4 cm³/mol. The molecule has 3 nitrogen and oxygen atoms in total. The fourth-order valence-corrected chi connectivity index (χ4v) is 4.66. The van der Waals surface area contributed by atoms with Gasteiger partial charge in [-0.05, 0) is 32.0 Å². The molecule has 2 unspecified atom stereocenters. The number of hydrogen-bond acceptors (Lipinski definition) is 4. The van der Waals surface area contributed by atoms with Crippen molar-refractivity contribution in [2.24, 2.45) is 0 Å². The van der Waals surface area contributed by atoms with Crippen molar-refractivity contribution in [3.05, 3.63) is 29.3 Å². The number of likely N-dealkylation sites (N-methyl/N-ethyl adjacent to an activating group) is 2. The third-order valence-electron chi connectivity index (χ3n) is 4.55. The van der Waals surface area contributed by atoms with E-state index < -0.39 is 0 Å². The van der Waals surface area contributed by atoms with Crippen molar-refractivity contribution in [3.8, 4) is 5.75 Å². The maximum atomic E-state index is 6.04. The van der Waals surface area contributed by atoms with E-state index in [4.69, 9.17) is 4.74 Å². The minimum atomic E-state index is 0.362. The molecule has 0 spiro atoms. The van der Waals surface area contributed by atoms with Crippen LogP contribution in [0.2, 0.25) is 0 Å². The summed E-state index contributed by atoms with van der Waals surface area (Å²) in [7, 11) is 2.25. The number of fused-ring (bicyclic) bond motifs is 1. The largest absolute Gasteiger partial charge is 0.493 e. The highest BCUT2D eigenvalue weighted by Gasteiger charge is 2.31. The standard InChI is InChI=1S/C17H26N2OS/c1-3-18-16(15-12-21-11-9-19(15)2)14-8-4-6-13-7-5-10-20-17(13)14/h4,6,8,15-16,18H,3,5,7,9-12H2,1-2H3. The topological polar surface area (TPSA) is 24.5 Å². The number of nitrogens with zero attached hydrogens (tertiary/aromatic N) is 1. The first-order chi connectivity index (χ1) is 10.3. The first kappa shape index (κ1) is 15.2. The van der Waals surface area contributed by atoms with Gasteiger partial charge in [0.25, 0.3) is 0 Å². The number of nitrogens with one attached hydrogen (secondary N) is 1. The highest BCUT2D eigenvalue weighted by molar-refractivity contribution is 7.99. The highest BCUT2D eigenvalue weighted by atomic mass is 32.2. The summed E-state index contributed by atoms with van der Waals surface area (Å²) in [6, 6.07) is 7.58. The molecule has 4 heteroatoms. The van der Waals surface area contributed by atoms with Gasteiger partial charge in [0.2, 0.25) is 0 Å². The van der Waals surface area contributed by atoms with Crippen LogP contribution < -0.4 is 10.1 Å². The van der Waals surface area contributed by atoms with Gasteiger partial charge < -0.3 is 10.1 Å². The summed E-state index contributed by atoms with van der Waals surface area (Å²) in [5, 5.41) is 3.71. The summed E-state index contributed by atoms with van der Waals surface area (Å²) in [5.74, 6) is 3.59. The van der Waals surface area contributed by atoms with Crippen LogP contribution in [0.4, 0.5) is 0 Å². The minimum Gasteiger partial charge on any atom is -0.493 e. The molecule has 1 fully saturated rings. The molecule has 116 valence electrons. The molecule has 0 aromatic heterocycles. The highest BCUT2D eigenvalue weighted by Crippen LogP contribution is 2.36. The SMILES string of the molecule is CCNC(c1cccc2c1OCCC2)C1CSCCN1C. The lowest BCUT2D eigenvalue weighted by Gasteiger charge is -2.39. The third kappa shape index (κ3) is 3.22. The van der Waals surface area contributed by atoms with Gasteiger partial charge in [-0.1, -0.05) is 25.1 Å². The Morgan fingerprint density at radius 2 is 2.38 bits per heavy atom. The Kier molecular flexibility index (Phi) is 5.09. The first-order valence-corrected chi connectivity index (χ1v) is 9.22. The van der Waals surface area contributed by atoms with Gasteiger partial charge in [0.15, 0.2) is 0 Å². The molecule has 1 aromatic carbocycles. The zero-order valence-electron chi connectivity index (χ0n) is 13.1. The van der Waals surface area contributed by atoms with Gasteiger partial charge in [-0.25, -0.2) is 0 Å². The summed E-state index contributed by atoms with van der Waals surface area (Å²) >= 11 is 2.07. The Bertz CT molecular complexity index is 480. The number of aryl methyl sites for hydroxylation is 1. The van der Waals surface area contributed by atoms with Crippen LogP contribution in [0.3, 0.4) is 0 Å². The van der Waals surface area contributed by atoms with Crippen molar-refractivity contribution in [1.29, 1.82) is 0 Å². The van der Waals surface area contributed by atoms with Gasteiger partial charge >= 0.3 is 0 Å². The number of para-hydroxylation sites is 1. The van der Waals surface area contributed by atoms with Crippen molar-refractivity contribution in [3.63, 3.8) is 0 Å². The van der Waals surface area contributed by atoms with E-state index in [1.807, 2.05) is 0 Å². The number of thioether (sulfide) groups is 1. The van der Waals surface area contributed by atoms with Gasteiger partial charge in [-0.2, -0.15) is 11.8 Å². The maximum absolute atomic E-state index is 6.04. The minimum absolute atomic E-state index is 0.362. The molecule has 0 radical (unpaired) electrons. The quantitative estimate of drug-likeness (QED) is 0.924. The summed E-state index contributed by atoms with van der Waals surface area (Å²) in [6.07, 6.45) is 2.29.